The van der Waals surface area contributed by atoms with Gasteiger partial charge in [0, 0.05) is 0 Å². The minimum absolute atomic E-state index is 0.0907. The van der Waals surface area contributed by atoms with Gasteiger partial charge in [-0.3, -0.25) is 0 Å². The van der Waals surface area contributed by atoms with Crippen LogP contribution in [0.1, 0.15) is 89.0 Å². The molecule has 2 fully saturated rings. The largest absolute Gasteiger partial charge is 0.429 e. The highest BCUT2D eigenvalue weighted by Crippen LogP contribution is 2.41. The molecule has 2 aliphatic carbocycles. The third-order valence-electron chi connectivity index (χ3n) is 7.20. The normalized spacial score (nSPS) is 27.7. The summed E-state index contributed by atoms with van der Waals surface area (Å²) in [6.45, 7) is -1.15. The zero-order chi connectivity index (χ0) is 21.5. The van der Waals surface area contributed by atoms with Crippen molar-refractivity contribution in [2.75, 3.05) is 0 Å². The molecule has 0 N–H and O–H groups in total. The van der Waals surface area contributed by atoms with Gasteiger partial charge in [0.25, 0.3) is 0 Å². The lowest BCUT2D eigenvalue weighted by molar-refractivity contribution is -0.0546. The van der Waals surface area contributed by atoms with Crippen molar-refractivity contribution in [3.05, 3.63) is 41.5 Å². The van der Waals surface area contributed by atoms with Crippen molar-refractivity contribution >= 4 is 0 Å². The van der Waals surface area contributed by atoms with E-state index in [0.717, 1.165) is 49.7 Å². The number of hydrogen-bond donors (Lipinski definition) is 0. The molecule has 0 radical (unpaired) electrons. The van der Waals surface area contributed by atoms with Crippen LogP contribution >= 0.6 is 0 Å². The van der Waals surface area contributed by atoms with Crippen molar-refractivity contribution < 1.29 is 22.3 Å². The second-order valence-corrected chi connectivity index (χ2v) is 9.18. The van der Waals surface area contributed by atoms with E-state index in [4.69, 9.17) is 0 Å². The van der Waals surface area contributed by atoms with Gasteiger partial charge in [0.05, 0.1) is 0 Å². The molecule has 0 spiro atoms. The Morgan fingerprint density at radius 3 is 1.87 bits per heavy atom. The lowest BCUT2D eigenvalue weighted by Crippen LogP contribution is -2.18. The van der Waals surface area contributed by atoms with Crippen molar-refractivity contribution in [3.63, 3.8) is 0 Å². The van der Waals surface area contributed by atoms with Gasteiger partial charge in [-0.05, 0) is 93.2 Å². The summed E-state index contributed by atoms with van der Waals surface area (Å²) in [5.41, 5.74) is 0.560. The van der Waals surface area contributed by atoms with Crippen molar-refractivity contribution in [2.24, 2.45) is 17.8 Å². The average Bonchev–Trinajstić information content (AvgIpc) is 2.74. The van der Waals surface area contributed by atoms with Crippen LogP contribution in [0.3, 0.4) is 0 Å². The maximum absolute atomic E-state index is 14.0. The molecule has 30 heavy (non-hydrogen) atoms. The molecule has 1 aromatic carbocycles. The lowest BCUT2D eigenvalue weighted by Gasteiger charge is -2.32. The molecular formula is C25H34F4O. The Bertz CT molecular complexity index is 663. The highest BCUT2D eigenvalue weighted by Gasteiger charge is 2.27. The van der Waals surface area contributed by atoms with Crippen LogP contribution in [0.25, 0.3) is 0 Å². The molecule has 2 aliphatic rings. The summed E-state index contributed by atoms with van der Waals surface area (Å²) in [6, 6.07) is 2.33. The minimum atomic E-state index is -3.24. The Labute approximate surface area is 177 Å². The second kappa shape index (κ2) is 11.2. The number of benzene rings is 1. The first-order valence-electron chi connectivity index (χ1n) is 11.5. The van der Waals surface area contributed by atoms with E-state index in [1.807, 2.05) is 0 Å². The topological polar surface area (TPSA) is 9.23 Å². The highest BCUT2D eigenvalue weighted by molar-refractivity contribution is 5.33. The van der Waals surface area contributed by atoms with Crippen molar-refractivity contribution in [3.8, 4) is 5.75 Å². The Morgan fingerprint density at radius 1 is 0.867 bits per heavy atom. The summed E-state index contributed by atoms with van der Waals surface area (Å²) in [5.74, 6) is -0.565. The van der Waals surface area contributed by atoms with Gasteiger partial charge >= 0.3 is 6.61 Å². The number of ether oxygens (including phenoxy) is 1. The molecule has 1 aromatic rings. The van der Waals surface area contributed by atoms with Gasteiger partial charge in [0.15, 0.2) is 17.4 Å². The SMILES string of the molecule is C/C=C/C[C@H]1CC[C@H](CC[C@H]2CC[C@H](c3cc(F)c(OC(F)F)c(F)c3)CC2)CC1. The van der Waals surface area contributed by atoms with E-state index in [1.165, 1.54) is 44.9 Å². The second-order valence-electron chi connectivity index (χ2n) is 9.18. The maximum atomic E-state index is 14.0. The van der Waals surface area contributed by atoms with Gasteiger partial charge in [0.1, 0.15) is 0 Å². The molecule has 0 atom stereocenters. The summed E-state index contributed by atoms with van der Waals surface area (Å²) >= 11 is 0. The van der Waals surface area contributed by atoms with Crippen molar-refractivity contribution in [1.29, 1.82) is 0 Å². The van der Waals surface area contributed by atoms with E-state index in [1.54, 1.807) is 0 Å². The van der Waals surface area contributed by atoms with Gasteiger partial charge in [0.2, 0.25) is 0 Å². The van der Waals surface area contributed by atoms with Crippen LogP contribution in [-0.2, 0) is 0 Å². The van der Waals surface area contributed by atoms with Gasteiger partial charge in [-0.1, -0.05) is 37.8 Å². The van der Waals surface area contributed by atoms with Crippen LogP contribution < -0.4 is 4.74 Å². The zero-order valence-electron chi connectivity index (χ0n) is 17.9. The third-order valence-corrected chi connectivity index (χ3v) is 7.20. The maximum Gasteiger partial charge on any atom is 0.387 e. The van der Waals surface area contributed by atoms with Gasteiger partial charge in [-0.25, -0.2) is 8.78 Å². The molecule has 1 nitrogen and oxygen atoms in total. The molecule has 3 rings (SSSR count). The summed E-state index contributed by atoms with van der Waals surface area (Å²) in [5, 5.41) is 0. The van der Waals surface area contributed by atoms with E-state index in [2.05, 4.69) is 23.8 Å². The highest BCUT2D eigenvalue weighted by atomic mass is 19.3. The number of rotatable bonds is 8. The van der Waals surface area contributed by atoms with Crippen LogP contribution in [0.15, 0.2) is 24.3 Å². The van der Waals surface area contributed by atoms with E-state index in [0.29, 0.717) is 11.5 Å². The predicted octanol–water partition coefficient (Wildman–Crippen LogP) is 8.39. The third kappa shape index (κ3) is 6.49. The monoisotopic (exact) mass is 426 g/mol. The Kier molecular flexibility index (Phi) is 8.64. The summed E-state index contributed by atoms with van der Waals surface area (Å²) in [6.07, 6.45) is 17.6. The first kappa shape index (κ1) is 23.1. The van der Waals surface area contributed by atoms with Crippen LogP contribution in [0.5, 0.6) is 5.75 Å². The van der Waals surface area contributed by atoms with E-state index < -0.39 is 24.0 Å². The number of alkyl halides is 2. The van der Waals surface area contributed by atoms with Crippen LogP contribution in [0, 0.1) is 29.4 Å². The standard InChI is InChI=1S/C25H34F4O/c1-2-3-4-17-5-7-18(8-6-17)9-10-19-11-13-20(14-12-19)21-15-22(26)24(23(27)16-21)30-25(28)29/h2-3,15-20,25H,4-14H2,1H3/b3-2+/t17-,18-,19-,20-. The van der Waals surface area contributed by atoms with E-state index >= 15 is 0 Å². The first-order valence-corrected chi connectivity index (χ1v) is 11.5. The van der Waals surface area contributed by atoms with Crippen LogP contribution in [0.2, 0.25) is 0 Å². The molecule has 0 saturated heterocycles. The quantitative estimate of drug-likeness (QED) is 0.299. The Hall–Kier alpha value is -1.52. The first-order chi connectivity index (χ1) is 14.5. The molecule has 0 heterocycles. The number of hydrogen-bond acceptors (Lipinski definition) is 1. The number of halogens is 4. The molecule has 0 aromatic heterocycles. The Balaban J connectivity index is 1.42. The molecule has 5 heteroatoms. The fraction of sp³-hybridized carbons (Fsp3) is 0.680. The summed E-state index contributed by atoms with van der Waals surface area (Å²) < 4.78 is 56.6. The van der Waals surface area contributed by atoms with E-state index in [9.17, 15) is 17.6 Å². The van der Waals surface area contributed by atoms with E-state index in [-0.39, 0.29) is 5.92 Å². The molecule has 0 unspecified atom stereocenters. The van der Waals surface area contributed by atoms with Crippen LogP contribution in [0.4, 0.5) is 17.6 Å². The van der Waals surface area contributed by atoms with Gasteiger partial charge < -0.3 is 4.74 Å². The molecule has 0 amide bonds. The zero-order valence-corrected chi connectivity index (χ0v) is 17.9. The smallest absolute Gasteiger partial charge is 0.387 e. The summed E-state index contributed by atoms with van der Waals surface area (Å²) in [7, 11) is 0. The lowest BCUT2D eigenvalue weighted by atomic mass is 9.74. The molecule has 0 bridgehead atoms. The summed E-state index contributed by atoms with van der Waals surface area (Å²) in [4.78, 5) is 0. The minimum Gasteiger partial charge on any atom is -0.429 e. The fourth-order valence-corrected chi connectivity index (χ4v) is 5.36. The molecule has 0 aliphatic heterocycles. The Morgan fingerprint density at radius 2 is 1.37 bits per heavy atom. The van der Waals surface area contributed by atoms with Gasteiger partial charge in [-0.2, -0.15) is 8.78 Å². The molecule has 168 valence electrons. The van der Waals surface area contributed by atoms with Crippen molar-refractivity contribution in [2.45, 2.75) is 90.1 Å². The van der Waals surface area contributed by atoms with Gasteiger partial charge in [-0.15, -0.1) is 0 Å². The fourth-order valence-electron chi connectivity index (χ4n) is 5.36. The average molecular weight is 427 g/mol. The molecule has 2 saturated carbocycles. The van der Waals surface area contributed by atoms with Crippen molar-refractivity contribution in [1.82, 2.24) is 0 Å². The van der Waals surface area contributed by atoms with Crippen LogP contribution in [-0.4, -0.2) is 6.61 Å². The molecular weight excluding hydrogens is 392 g/mol. The predicted molar refractivity (Wildman–Crippen MR) is 112 cm³/mol. The number of allylic oxidation sites excluding steroid dienone is 2.